The molecule has 0 heterocycles. The predicted octanol–water partition coefficient (Wildman–Crippen LogP) is 5.89. The van der Waals surface area contributed by atoms with Crippen molar-refractivity contribution in [2.45, 2.75) is 26.8 Å². The number of benzene rings is 2. The molecule has 2 aromatic carbocycles. The Morgan fingerprint density at radius 2 is 1.68 bits per heavy atom. The number of rotatable bonds is 3. The maximum atomic E-state index is 6.23. The summed E-state index contributed by atoms with van der Waals surface area (Å²) in [7, 11) is 0. The highest BCUT2D eigenvalue weighted by molar-refractivity contribution is 9.10. The SMILES string of the molecule is Cc1cc(NC(C)c2ccccc2Cl)cc(C)c1Br. The second-order valence-corrected chi connectivity index (χ2v) is 6.01. The molecule has 19 heavy (non-hydrogen) atoms. The van der Waals surface area contributed by atoms with Crippen LogP contribution in [0.25, 0.3) is 0 Å². The van der Waals surface area contributed by atoms with Crippen LogP contribution in [-0.2, 0) is 0 Å². The normalized spacial score (nSPS) is 12.3. The smallest absolute Gasteiger partial charge is 0.0500 e. The molecule has 100 valence electrons. The monoisotopic (exact) mass is 337 g/mol. The van der Waals surface area contributed by atoms with Crippen molar-refractivity contribution in [2.75, 3.05) is 5.32 Å². The van der Waals surface area contributed by atoms with Gasteiger partial charge in [-0.15, -0.1) is 0 Å². The summed E-state index contributed by atoms with van der Waals surface area (Å²) in [5.74, 6) is 0. The van der Waals surface area contributed by atoms with Crippen LogP contribution in [0.1, 0.15) is 29.7 Å². The minimum absolute atomic E-state index is 0.175. The first-order valence-corrected chi connectivity index (χ1v) is 7.44. The van der Waals surface area contributed by atoms with Gasteiger partial charge in [-0.25, -0.2) is 0 Å². The van der Waals surface area contributed by atoms with Gasteiger partial charge in [0.25, 0.3) is 0 Å². The summed E-state index contributed by atoms with van der Waals surface area (Å²) in [6.45, 7) is 6.32. The molecular weight excluding hydrogens is 322 g/mol. The molecule has 0 spiro atoms. The minimum Gasteiger partial charge on any atom is -0.378 e. The van der Waals surface area contributed by atoms with Crippen molar-refractivity contribution in [3.8, 4) is 0 Å². The Hall–Kier alpha value is -0.990. The summed E-state index contributed by atoms with van der Waals surface area (Å²) in [4.78, 5) is 0. The van der Waals surface area contributed by atoms with E-state index in [0.717, 1.165) is 16.3 Å². The number of hydrogen-bond acceptors (Lipinski definition) is 1. The van der Waals surface area contributed by atoms with E-state index in [-0.39, 0.29) is 6.04 Å². The summed E-state index contributed by atoms with van der Waals surface area (Å²) in [5, 5.41) is 4.30. The lowest BCUT2D eigenvalue weighted by Gasteiger charge is -2.18. The van der Waals surface area contributed by atoms with Gasteiger partial charge in [0.2, 0.25) is 0 Å². The van der Waals surface area contributed by atoms with Crippen molar-refractivity contribution in [2.24, 2.45) is 0 Å². The van der Waals surface area contributed by atoms with E-state index in [4.69, 9.17) is 11.6 Å². The Labute approximate surface area is 128 Å². The number of halogens is 2. The maximum absolute atomic E-state index is 6.23. The van der Waals surface area contributed by atoms with Gasteiger partial charge in [0.1, 0.15) is 0 Å². The zero-order chi connectivity index (χ0) is 14.0. The van der Waals surface area contributed by atoms with Crippen LogP contribution in [0.15, 0.2) is 40.9 Å². The molecular formula is C16H17BrClN. The van der Waals surface area contributed by atoms with Crippen molar-refractivity contribution >= 4 is 33.2 Å². The summed E-state index contributed by atoms with van der Waals surface area (Å²) >= 11 is 9.81. The Balaban J connectivity index is 2.24. The molecule has 0 aliphatic rings. The highest BCUT2D eigenvalue weighted by Gasteiger charge is 2.10. The fourth-order valence-corrected chi connectivity index (χ4v) is 2.71. The van der Waals surface area contributed by atoms with Gasteiger partial charge < -0.3 is 5.32 Å². The topological polar surface area (TPSA) is 12.0 Å². The lowest BCUT2D eigenvalue weighted by molar-refractivity contribution is 0.884. The lowest BCUT2D eigenvalue weighted by Crippen LogP contribution is -2.07. The number of hydrogen-bond donors (Lipinski definition) is 1. The van der Waals surface area contributed by atoms with Crippen molar-refractivity contribution < 1.29 is 0 Å². The molecule has 1 N–H and O–H groups in total. The van der Waals surface area contributed by atoms with Crippen molar-refractivity contribution in [3.05, 3.63) is 62.6 Å². The zero-order valence-corrected chi connectivity index (χ0v) is 13.6. The Morgan fingerprint density at radius 1 is 1.11 bits per heavy atom. The summed E-state index contributed by atoms with van der Waals surface area (Å²) < 4.78 is 1.17. The van der Waals surface area contributed by atoms with Crippen LogP contribution in [0, 0.1) is 13.8 Å². The fraction of sp³-hybridized carbons (Fsp3) is 0.250. The van der Waals surface area contributed by atoms with Gasteiger partial charge >= 0.3 is 0 Å². The zero-order valence-electron chi connectivity index (χ0n) is 11.3. The first-order valence-electron chi connectivity index (χ1n) is 6.26. The molecule has 0 radical (unpaired) electrons. The Morgan fingerprint density at radius 3 is 2.26 bits per heavy atom. The number of nitrogens with one attached hydrogen (secondary N) is 1. The van der Waals surface area contributed by atoms with Crippen LogP contribution < -0.4 is 5.32 Å². The third-order valence-corrected chi connectivity index (χ3v) is 4.79. The number of aryl methyl sites for hydroxylation is 2. The van der Waals surface area contributed by atoms with E-state index in [1.54, 1.807) is 0 Å². The molecule has 0 amide bonds. The van der Waals surface area contributed by atoms with E-state index in [2.05, 4.69) is 60.2 Å². The van der Waals surface area contributed by atoms with E-state index in [0.29, 0.717) is 0 Å². The van der Waals surface area contributed by atoms with Gasteiger partial charge in [-0.1, -0.05) is 45.7 Å². The fourth-order valence-electron chi connectivity index (χ4n) is 2.18. The van der Waals surface area contributed by atoms with Gasteiger partial charge in [-0.3, -0.25) is 0 Å². The van der Waals surface area contributed by atoms with Crippen LogP contribution in [0.4, 0.5) is 5.69 Å². The first kappa shape index (κ1) is 14.4. The van der Waals surface area contributed by atoms with Gasteiger partial charge in [-0.05, 0) is 55.7 Å². The van der Waals surface area contributed by atoms with Crippen molar-refractivity contribution in [3.63, 3.8) is 0 Å². The molecule has 2 aromatic rings. The molecule has 0 saturated heterocycles. The van der Waals surface area contributed by atoms with Gasteiger partial charge in [0.15, 0.2) is 0 Å². The molecule has 1 unspecified atom stereocenters. The molecule has 3 heteroatoms. The lowest BCUT2D eigenvalue weighted by atomic mass is 10.1. The van der Waals surface area contributed by atoms with Crippen molar-refractivity contribution in [1.82, 2.24) is 0 Å². The largest absolute Gasteiger partial charge is 0.378 e. The molecule has 0 aliphatic heterocycles. The highest BCUT2D eigenvalue weighted by Crippen LogP contribution is 2.29. The molecule has 1 atom stereocenters. The molecule has 0 saturated carbocycles. The third kappa shape index (κ3) is 3.31. The van der Waals surface area contributed by atoms with E-state index in [1.165, 1.54) is 15.6 Å². The van der Waals surface area contributed by atoms with Crippen LogP contribution in [-0.4, -0.2) is 0 Å². The Bertz CT molecular complexity index is 572. The second-order valence-electron chi connectivity index (χ2n) is 4.81. The molecule has 2 rings (SSSR count). The molecule has 0 fully saturated rings. The van der Waals surface area contributed by atoms with Crippen LogP contribution >= 0.6 is 27.5 Å². The minimum atomic E-state index is 0.175. The van der Waals surface area contributed by atoms with Gasteiger partial charge in [0.05, 0.1) is 0 Å². The standard InChI is InChI=1S/C16H17BrClN/c1-10-8-13(9-11(2)16(10)17)19-12(3)14-6-4-5-7-15(14)18/h4-9,12,19H,1-3H3. The average molecular weight is 339 g/mol. The summed E-state index contributed by atoms with van der Waals surface area (Å²) in [5.41, 5.74) is 4.69. The molecule has 0 aliphatic carbocycles. The highest BCUT2D eigenvalue weighted by atomic mass is 79.9. The first-order chi connectivity index (χ1) is 8.99. The number of anilines is 1. The van der Waals surface area contributed by atoms with E-state index in [9.17, 15) is 0 Å². The summed E-state index contributed by atoms with van der Waals surface area (Å²) in [6, 6.07) is 12.4. The average Bonchev–Trinajstić information content (AvgIpc) is 2.36. The van der Waals surface area contributed by atoms with Crippen LogP contribution in [0.2, 0.25) is 5.02 Å². The second kappa shape index (κ2) is 5.98. The van der Waals surface area contributed by atoms with Crippen LogP contribution in [0.5, 0.6) is 0 Å². The maximum Gasteiger partial charge on any atom is 0.0500 e. The molecule has 0 aromatic heterocycles. The Kier molecular flexibility index (Phi) is 4.54. The van der Waals surface area contributed by atoms with Crippen molar-refractivity contribution in [1.29, 1.82) is 0 Å². The van der Waals surface area contributed by atoms with Gasteiger partial charge in [0, 0.05) is 21.2 Å². The van der Waals surface area contributed by atoms with E-state index >= 15 is 0 Å². The van der Waals surface area contributed by atoms with E-state index in [1.807, 2.05) is 18.2 Å². The summed E-state index contributed by atoms with van der Waals surface area (Å²) in [6.07, 6.45) is 0. The third-order valence-electron chi connectivity index (χ3n) is 3.19. The van der Waals surface area contributed by atoms with Crippen LogP contribution in [0.3, 0.4) is 0 Å². The van der Waals surface area contributed by atoms with Gasteiger partial charge in [-0.2, -0.15) is 0 Å². The van der Waals surface area contributed by atoms with E-state index < -0.39 is 0 Å². The predicted molar refractivity (Wildman–Crippen MR) is 87.1 cm³/mol. The molecule has 0 bridgehead atoms. The quantitative estimate of drug-likeness (QED) is 0.735. The molecule has 1 nitrogen and oxygen atoms in total.